The Kier molecular flexibility index (Phi) is 4.51. The van der Waals surface area contributed by atoms with Gasteiger partial charge in [0.25, 0.3) is 0 Å². The van der Waals surface area contributed by atoms with E-state index in [1.807, 2.05) is 19.1 Å². The summed E-state index contributed by atoms with van der Waals surface area (Å²) < 4.78 is 14.1. The SMILES string of the molecule is CC1C=CC(N2CCC(N(C)C)CC2)C(F)C=N1. The van der Waals surface area contributed by atoms with Crippen molar-refractivity contribution in [3.8, 4) is 0 Å². The smallest absolute Gasteiger partial charge is 0.154 e. The van der Waals surface area contributed by atoms with Gasteiger partial charge < -0.3 is 4.90 Å². The van der Waals surface area contributed by atoms with Gasteiger partial charge in [-0.3, -0.25) is 9.89 Å². The van der Waals surface area contributed by atoms with Gasteiger partial charge in [-0.25, -0.2) is 4.39 Å². The Morgan fingerprint density at radius 1 is 1.22 bits per heavy atom. The third-order valence-electron chi connectivity index (χ3n) is 4.03. The second kappa shape index (κ2) is 5.93. The molecule has 0 N–H and O–H groups in total. The van der Waals surface area contributed by atoms with E-state index >= 15 is 0 Å². The number of hydrogen-bond donors (Lipinski definition) is 0. The van der Waals surface area contributed by atoms with Gasteiger partial charge in [0.15, 0.2) is 6.17 Å². The van der Waals surface area contributed by atoms with Crippen LogP contribution in [-0.4, -0.2) is 67.5 Å². The second-order valence-corrected chi connectivity index (χ2v) is 5.59. The molecule has 0 saturated carbocycles. The summed E-state index contributed by atoms with van der Waals surface area (Å²) in [6, 6.07) is 0.621. The van der Waals surface area contributed by atoms with Crippen LogP contribution in [0.15, 0.2) is 17.1 Å². The molecule has 0 aliphatic carbocycles. The zero-order valence-corrected chi connectivity index (χ0v) is 11.6. The van der Waals surface area contributed by atoms with Gasteiger partial charge >= 0.3 is 0 Å². The molecule has 2 aliphatic rings. The highest BCUT2D eigenvalue weighted by Crippen LogP contribution is 2.20. The fourth-order valence-electron chi connectivity index (χ4n) is 2.76. The molecule has 18 heavy (non-hydrogen) atoms. The first-order chi connectivity index (χ1) is 8.58. The van der Waals surface area contributed by atoms with Crippen molar-refractivity contribution in [2.24, 2.45) is 4.99 Å². The monoisotopic (exact) mass is 253 g/mol. The number of likely N-dealkylation sites (tertiary alicyclic amines) is 1. The third-order valence-corrected chi connectivity index (χ3v) is 4.03. The van der Waals surface area contributed by atoms with Crippen molar-refractivity contribution < 1.29 is 4.39 Å². The second-order valence-electron chi connectivity index (χ2n) is 5.59. The molecule has 3 atom stereocenters. The van der Waals surface area contributed by atoms with E-state index in [4.69, 9.17) is 0 Å². The lowest BCUT2D eigenvalue weighted by atomic mass is 10.0. The van der Waals surface area contributed by atoms with Crippen LogP contribution in [0.3, 0.4) is 0 Å². The summed E-state index contributed by atoms with van der Waals surface area (Å²) in [5, 5.41) is 0. The Hall–Kier alpha value is -0.740. The number of alkyl halides is 1. The largest absolute Gasteiger partial charge is 0.306 e. The third kappa shape index (κ3) is 3.18. The van der Waals surface area contributed by atoms with Gasteiger partial charge in [0.2, 0.25) is 0 Å². The Labute approximate surface area is 109 Å². The van der Waals surface area contributed by atoms with Crippen molar-refractivity contribution in [2.45, 2.75) is 44.1 Å². The van der Waals surface area contributed by atoms with Crippen molar-refractivity contribution >= 4 is 6.21 Å². The average Bonchev–Trinajstić information content (AvgIpc) is 2.52. The van der Waals surface area contributed by atoms with Crippen LogP contribution in [0.2, 0.25) is 0 Å². The van der Waals surface area contributed by atoms with Gasteiger partial charge in [-0.05, 0) is 33.9 Å². The molecule has 0 aromatic rings. The van der Waals surface area contributed by atoms with Crippen molar-refractivity contribution in [1.82, 2.24) is 9.80 Å². The van der Waals surface area contributed by atoms with E-state index in [2.05, 4.69) is 28.9 Å². The van der Waals surface area contributed by atoms with Gasteiger partial charge in [-0.1, -0.05) is 12.2 Å². The number of rotatable bonds is 2. The van der Waals surface area contributed by atoms with Crippen LogP contribution in [0.1, 0.15) is 19.8 Å². The number of halogens is 1. The Bertz CT molecular complexity index is 319. The first-order valence-electron chi connectivity index (χ1n) is 6.84. The Morgan fingerprint density at radius 3 is 2.50 bits per heavy atom. The molecule has 1 saturated heterocycles. The van der Waals surface area contributed by atoms with Crippen molar-refractivity contribution in [3.05, 3.63) is 12.2 Å². The van der Waals surface area contributed by atoms with E-state index in [1.54, 1.807) is 0 Å². The lowest BCUT2D eigenvalue weighted by molar-refractivity contribution is 0.104. The van der Waals surface area contributed by atoms with Crippen molar-refractivity contribution in [1.29, 1.82) is 0 Å². The highest BCUT2D eigenvalue weighted by Gasteiger charge is 2.29. The van der Waals surface area contributed by atoms with Crippen LogP contribution in [0.5, 0.6) is 0 Å². The zero-order valence-electron chi connectivity index (χ0n) is 11.6. The number of piperidine rings is 1. The number of nitrogens with zero attached hydrogens (tertiary/aromatic N) is 3. The van der Waals surface area contributed by atoms with Crippen LogP contribution in [0.4, 0.5) is 4.39 Å². The molecule has 0 aromatic heterocycles. The quantitative estimate of drug-likeness (QED) is 0.698. The van der Waals surface area contributed by atoms with Crippen molar-refractivity contribution in [2.75, 3.05) is 27.2 Å². The molecule has 2 heterocycles. The molecular weight excluding hydrogens is 229 g/mol. The first-order valence-corrected chi connectivity index (χ1v) is 6.84. The highest BCUT2D eigenvalue weighted by atomic mass is 19.1. The highest BCUT2D eigenvalue weighted by molar-refractivity contribution is 5.65. The first kappa shape index (κ1) is 13.7. The summed E-state index contributed by atoms with van der Waals surface area (Å²) in [5.41, 5.74) is 0. The van der Waals surface area contributed by atoms with E-state index in [1.165, 1.54) is 6.21 Å². The van der Waals surface area contributed by atoms with Crippen LogP contribution in [0.25, 0.3) is 0 Å². The summed E-state index contributed by atoms with van der Waals surface area (Å²) in [5.74, 6) is 0. The molecule has 0 amide bonds. The van der Waals surface area contributed by atoms with Gasteiger partial charge in [-0.2, -0.15) is 0 Å². The molecule has 0 aromatic carbocycles. The summed E-state index contributed by atoms with van der Waals surface area (Å²) in [6.45, 7) is 3.93. The van der Waals surface area contributed by atoms with Crippen LogP contribution in [0, 0.1) is 0 Å². The average molecular weight is 253 g/mol. The predicted molar refractivity (Wildman–Crippen MR) is 74.1 cm³/mol. The minimum absolute atomic E-state index is 0.104. The van der Waals surface area contributed by atoms with Crippen LogP contribution >= 0.6 is 0 Å². The van der Waals surface area contributed by atoms with E-state index < -0.39 is 6.17 Å². The van der Waals surface area contributed by atoms with Gasteiger partial charge in [0.05, 0.1) is 12.1 Å². The van der Waals surface area contributed by atoms with E-state index in [9.17, 15) is 4.39 Å². The lowest BCUT2D eigenvalue weighted by Gasteiger charge is -2.38. The molecule has 1 fully saturated rings. The van der Waals surface area contributed by atoms with Crippen LogP contribution < -0.4 is 0 Å². The van der Waals surface area contributed by atoms with E-state index in [-0.39, 0.29) is 12.1 Å². The summed E-state index contributed by atoms with van der Waals surface area (Å²) in [4.78, 5) is 8.70. The summed E-state index contributed by atoms with van der Waals surface area (Å²) >= 11 is 0. The molecule has 3 nitrogen and oxygen atoms in total. The van der Waals surface area contributed by atoms with Crippen LogP contribution in [-0.2, 0) is 0 Å². The Balaban J connectivity index is 1.96. The maximum Gasteiger partial charge on any atom is 0.154 e. The molecule has 102 valence electrons. The molecule has 0 bridgehead atoms. The van der Waals surface area contributed by atoms with E-state index in [0.717, 1.165) is 25.9 Å². The predicted octanol–water partition coefficient (Wildman–Crippen LogP) is 1.75. The van der Waals surface area contributed by atoms with Gasteiger partial charge in [0.1, 0.15) is 0 Å². The molecule has 2 rings (SSSR count). The molecule has 4 heteroatoms. The molecule has 0 spiro atoms. The zero-order chi connectivity index (χ0) is 13.1. The molecule has 2 aliphatic heterocycles. The molecule has 3 unspecified atom stereocenters. The maximum absolute atomic E-state index is 14.1. The standard InChI is InChI=1S/C14H24FN3/c1-11-4-5-14(13(15)10-16-11)18-8-6-12(7-9-18)17(2)3/h4-5,10-14H,6-9H2,1-3H3. The number of aliphatic imine (C=N–C) groups is 1. The summed E-state index contributed by atoms with van der Waals surface area (Å²) in [7, 11) is 4.25. The van der Waals surface area contributed by atoms with Crippen molar-refractivity contribution in [3.63, 3.8) is 0 Å². The van der Waals surface area contributed by atoms with E-state index in [0.29, 0.717) is 6.04 Å². The fraction of sp³-hybridized carbons (Fsp3) is 0.786. The summed E-state index contributed by atoms with van der Waals surface area (Å²) in [6.07, 6.45) is 6.76. The fourth-order valence-corrected chi connectivity index (χ4v) is 2.76. The van der Waals surface area contributed by atoms with Gasteiger partial charge in [-0.15, -0.1) is 0 Å². The minimum Gasteiger partial charge on any atom is -0.306 e. The topological polar surface area (TPSA) is 18.8 Å². The number of hydrogen-bond acceptors (Lipinski definition) is 3. The Morgan fingerprint density at radius 2 is 1.89 bits per heavy atom. The normalized spacial score (nSPS) is 35.1. The van der Waals surface area contributed by atoms with Gasteiger partial charge in [0, 0.05) is 25.3 Å². The molecular formula is C14H24FN3. The minimum atomic E-state index is -0.970. The molecule has 0 radical (unpaired) electrons. The maximum atomic E-state index is 14.1. The lowest BCUT2D eigenvalue weighted by Crippen LogP contribution is -2.48.